The molecule has 0 bridgehead atoms. The lowest BCUT2D eigenvalue weighted by molar-refractivity contribution is 0.100. The normalized spacial score (nSPS) is 16.1. The fraction of sp³-hybridized carbons (Fsp3) is 0.143. The van der Waals surface area contributed by atoms with Gasteiger partial charge in [0.2, 0.25) is 10.0 Å². The first-order chi connectivity index (χ1) is 13.4. The first-order valence-electron chi connectivity index (χ1n) is 8.60. The minimum absolute atomic E-state index is 0.143. The fourth-order valence-electron chi connectivity index (χ4n) is 2.56. The molecule has 0 saturated carbocycles. The van der Waals surface area contributed by atoms with Gasteiger partial charge in [-0.3, -0.25) is 4.79 Å². The van der Waals surface area contributed by atoms with Crippen molar-refractivity contribution >= 4 is 21.6 Å². The van der Waals surface area contributed by atoms with Gasteiger partial charge in [-0.05, 0) is 55.5 Å². The highest BCUT2D eigenvalue weighted by atomic mass is 32.2. The Morgan fingerprint density at radius 2 is 1.61 bits per heavy atom. The Bertz CT molecular complexity index is 1030. The molecule has 28 heavy (non-hydrogen) atoms. The van der Waals surface area contributed by atoms with Crippen LogP contribution in [-0.2, 0) is 10.0 Å². The van der Waals surface area contributed by atoms with Crippen molar-refractivity contribution in [3.63, 3.8) is 0 Å². The first kappa shape index (κ1) is 19.7. The Hall–Kier alpha value is -3.03. The lowest BCUT2D eigenvalue weighted by atomic mass is 10.1. The zero-order valence-corrected chi connectivity index (χ0v) is 16.3. The SMILES string of the molecule is COc1ccc(S(=O)(=O)NC2C=CC(=NC(=O)c3ccc(C)cc3)C=C2)cc1. The van der Waals surface area contributed by atoms with Crippen LogP contribution in [0.25, 0.3) is 0 Å². The minimum Gasteiger partial charge on any atom is -0.497 e. The number of allylic oxidation sites excluding steroid dienone is 2. The Kier molecular flexibility index (Phi) is 5.87. The van der Waals surface area contributed by atoms with E-state index in [2.05, 4.69) is 9.71 Å². The predicted molar refractivity (Wildman–Crippen MR) is 108 cm³/mol. The van der Waals surface area contributed by atoms with Crippen molar-refractivity contribution in [1.29, 1.82) is 0 Å². The van der Waals surface area contributed by atoms with Gasteiger partial charge in [0.1, 0.15) is 5.75 Å². The van der Waals surface area contributed by atoms with Crippen LogP contribution in [-0.4, -0.2) is 33.2 Å². The lowest BCUT2D eigenvalue weighted by Gasteiger charge is -2.14. The van der Waals surface area contributed by atoms with E-state index in [1.54, 1.807) is 48.6 Å². The number of ether oxygens (including phenoxy) is 1. The minimum atomic E-state index is -3.69. The third-order valence-electron chi connectivity index (χ3n) is 4.14. The molecule has 3 rings (SSSR count). The molecule has 2 aromatic rings. The molecule has 0 unspecified atom stereocenters. The van der Waals surface area contributed by atoms with Crippen molar-refractivity contribution < 1.29 is 17.9 Å². The van der Waals surface area contributed by atoms with Crippen LogP contribution in [0.15, 0.2) is 82.7 Å². The van der Waals surface area contributed by atoms with Gasteiger partial charge in [-0.2, -0.15) is 0 Å². The molecule has 7 heteroatoms. The maximum Gasteiger partial charge on any atom is 0.277 e. The Morgan fingerprint density at radius 3 is 2.18 bits per heavy atom. The monoisotopic (exact) mass is 396 g/mol. The molecule has 0 spiro atoms. The van der Waals surface area contributed by atoms with Crippen molar-refractivity contribution in [2.75, 3.05) is 7.11 Å². The Labute approximate surface area is 164 Å². The van der Waals surface area contributed by atoms with Gasteiger partial charge in [0.15, 0.2) is 0 Å². The molecule has 0 heterocycles. The molecule has 1 aliphatic carbocycles. The summed E-state index contributed by atoms with van der Waals surface area (Å²) in [5.74, 6) is 0.233. The molecular formula is C21H20N2O4S. The standard InChI is InChI=1S/C21H20N2O4S/c1-15-3-5-16(6-4-15)21(24)22-17-7-9-18(10-8-17)23-28(25,26)20-13-11-19(27-2)12-14-20/h3-14,18,23H,1-2H3. The van der Waals surface area contributed by atoms with Gasteiger partial charge >= 0.3 is 0 Å². The number of amides is 1. The van der Waals surface area contributed by atoms with Crippen molar-refractivity contribution in [3.8, 4) is 5.75 Å². The second kappa shape index (κ2) is 8.33. The van der Waals surface area contributed by atoms with E-state index in [1.807, 2.05) is 19.1 Å². The van der Waals surface area contributed by atoms with Crippen LogP contribution in [0.3, 0.4) is 0 Å². The van der Waals surface area contributed by atoms with Gasteiger partial charge in [-0.15, -0.1) is 0 Å². The first-order valence-corrected chi connectivity index (χ1v) is 10.1. The molecule has 0 saturated heterocycles. The van der Waals surface area contributed by atoms with Gasteiger partial charge in [-0.1, -0.05) is 29.8 Å². The summed E-state index contributed by atoms with van der Waals surface area (Å²) < 4.78 is 32.5. The molecule has 6 nitrogen and oxygen atoms in total. The summed E-state index contributed by atoms with van der Waals surface area (Å²) in [4.78, 5) is 16.4. The molecule has 1 N–H and O–H groups in total. The number of nitrogens with zero attached hydrogens (tertiary/aromatic N) is 1. The second-order valence-corrected chi connectivity index (χ2v) is 7.96. The maximum atomic E-state index is 12.5. The van der Waals surface area contributed by atoms with Crippen molar-refractivity contribution in [2.45, 2.75) is 17.9 Å². The van der Waals surface area contributed by atoms with E-state index in [0.29, 0.717) is 17.0 Å². The molecule has 2 aromatic carbocycles. The number of aryl methyl sites for hydroxylation is 1. The fourth-order valence-corrected chi connectivity index (χ4v) is 3.70. The molecule has 0 radical (unpaired) electrons. The summed E-state index contributed by atoms with van der Waals surface area (Å²) >= 11 is 0. The van der Waals surface area contributed by atoms with Crippen molar-refractivity contribution in [1.82, 2.24) is 4.72 Å². The highest BCUT2D eigenvalue weighted by molar-refractivity contribution is 7.89. The molecule has 144 valence electrons. The van der Waals surface area contributed by atoms with Crippen LogP contribution in [0, 0.1) is 6.92 Å². The maximum absolute atomic E-state index is 12.5. The smallest absolute Gasteiger partial charge is 0.277 e. The number of carbonyl (C=O) groups is 1. The summed E-state index contributed by atoms with van der Waals surface area (Å²) in [6, 6.07) is 12.8. The van der Waals surface area contributed by atoms with E-state index >= 15 is 0 Å². The lowest BCUT2D eigenvalue weighted by Crippen LogP contribution is -2.33. The number of benzene rings is 2. The molecular weight excluding hydrogens is 376 g/mol. The largest absolute Gasteiger partial charge is 0.497 e. The van der Waals surface area contributed by atoms with Crippen LogP contribution in [0.5, 0.6) is 5.75 Å². The van der Waals surface area contributed by atoms with E-state index in [4.69, 9.17) is 4.74 Å². The van der Waals surface area contributed by atoms with Crippen molar-refractivity contribution in [2.24, 2.45) is 4.99 Å². The summed E-state index contributed by atoms with van der Waals surface area (Å²) in [5.41, 5.74) is 2.03. The van der Waals surface area contributed by atoms with E-state index < -0.39 is 16.1 Å². The van der Waals surface area contributed by atoms with Gasteiger partial charge in [0.05, 0.1) is 23.8 Å². The van der Waals surface area contributed by atoms with E-state index in [-0.39, 0.29) is 10.8 Å². The number of hydrogen-bond acceptors (Lipinski definition) is 4. The Morgan fingerprint density at radius 1 is 1.00 bits per heavy atom. The second-order valence-electron chi connectivity index (χ2n) is 6.25. The highest BCUT2D eigenvalue weighted by Crippen LogP contribution is 2.16. The quantitative estimate of drug-likeness (QED) is 0.842. The summed E-state index contributed by atoms with van der Waals surface area (Å²) in [5, 5.41) is 0. The highest BCUT2D eigenvalue weighted by Gasteiger charge is 2.18. The number of rotatable bonds is 5. The summed E-state index contributed by atoms with van der Waals surface area (Å²) in [6.45, 7) is 1.94. The summed E-state index contributed by atoms with van der Waals surface area (Å²) in [6.07, 6.45) is 6.52. The number of carbonyl (C=O) groups excluding carboxylic acids is 1. The molecule has 1 amide bonds. The topological polar surface area (TPSA) is 84.8 Å². The number of nitrogens with one attached hydrogen (secondary N) is 1. The summed E-state index contributed by atoms with van der Waals surface area (Å²) in [7, 11) is -2.17. The average Bonchev–Trinajstić information content (AvgIpc) is 2.70. The molecule has 0 atom stereocenters. The molecule has 0 aliphatic heterocycles. The number of sulfonamides is 1. The predicted octanol–water partition coefficient (Wildman–Crippen LogP) is 3.06. The van der Waals surface area contributed by atoms with Gasteiger partial charge in [0, 0.05) is 5.56 Å². The van der Waals surface area contributed by atoms with E-state index in [9.17, 15) is 13.2 Å². The zero-order chi connectivity index (χ0) is 20.1. The molecule has 1 aliphatic rings. The van der Waals surface area contributed by atoms with Crippen LogP contribution >= 0.6 is 0 Å². The number of methoxy groups -OCH3 is 1. The average molecular weight is 396 g/mol. The van der Waals surface area contributed by atoms with Crippen molar-refractivity contribution in [3.05, 3.63) is 84.0 Å². The van der Waals surface area contributed by atoms with Crippen LogP contribution in [0.4, 0.5) is 0 Å². The van der Waals surface area contributed by atoms with Gasteiger partial charge < -0.3 is 4.74 Å². The number of hydrogen-bond donors (Lipinski definition) is 1. The zero-order valence-electron chi connectivity index (χ0n) is 15.5. The Balaban J connectivity index is 1.67. The van der Waals surface area contributed by atoms with E-state index in [0.717, 1.165) is 5.56 Å². The van der Waals surface area contributed by atoms with E-state index in [1.165, 1.54) is 19.2 Å². The van der Waals surface area contributed by atoms with Crippen LogP contribution < -0.4 is 9.46 Å². The molecule has 0 aromatic heterocycles. The third-order valence-corrected chi connectivity index (χ3v) is 5.61. The van der Waals surface area contributed by atoms with Gasteiger partial charge in [0.25, 0.3) is 5.91 Å². The van der Waals surface area contributed by atoms with Crippen LogP contribution in [0.2, 0.25) is 0 Å². The molecule has 0 fully saturated rings. The third kappa shape index (κ3) is 4.82. The number of aliphatic imine (C=N–C) groups is 1. The van der Waals surface area contributed by atoms with Crippen LogP contribution in [0.1, 0.15) is 15.9 Å². The van der Waals surface area contributed by atoms with Gasteiger partial charge in [-0.25, -0.2) is 18.1 Å².